The number of likely N-dealkylation sites (tertiary alicyclic amines) is 1. The number of carbonyl (C=O) groups is 4. The van der Waals surface area contributed by atoms with Gasteiger partial charge >= 0.3 is 0 Å². The first-order valence-corrected chi connectivity index (χ1v) is 19.2. The van der Waals surface area contributed by atoms with E-state index in [0.717, 1.165) is 37.7 Å². The summed E-state index contributed by atoms with van der Waals surface area (Å²) in [5.41, 5.74) is 7.51. The van der Waals surface area contributed by atoms with E-state index in [1.165, 1.54) is 0 Å². The molecule has 0 spiro atoms. The van der Waals surface area contributed by atoms with Gasteiger partial charge in [-0.25, -0.2) is 0 Å². The number of amides is 2. The Hall–Kier alpha value is -2.37. The van der Waals surface area contributed by atoms with Crippen molar-refractivity contribution in [1.29, 1.82) is 0 Å². The minimum atomic E-state index is -0.709. The molecular weight excluding hydrogens is 668 g/mol. The lowest BCUT2D eigenvalue weighted by Gasteiger charge is -2.41. The summed E-state index contributed by atoms with van der Waals surface area (Å²) in [5, 5.41) is 0.688. The second-order valence-electron chi connectivity index (χ2n) is 15.3. The van der Waals surface area contributed by atoms with E-state index in [9.17, 15) is 19.2 Å². The molecule has 290 valence electrons. The molecule has 51 heavy (non-hydrogen) atoms. The number of hydrogen-bond donors (Lipinski definition) is 1. The van der Waals surface area contributed by atoms with E-state index >= 15 is 0 Å². The standard InChI is InChI=1S/C40H67ClN4O6/c1-12-26(4)38(44(9)40(49)31(28(6)42)23-34(47)37(25(2)3)43(7)8)35(50-10)24-36(48)45-22-14-16-32(45)39(51-11)27(5)33(46)17-13-15-29-18-20-30(41)21-19-29/h18-21,25-28,31-32,35,37-39H,12-17,22-24,42H2,1-11H3/t26-,27-,28-,31+,32-,35+,37-,38-,39+/m0/s1. The Morgan fingerprint density at radius 2 is 1.59 bits per heavy atom. The molecule has 1 fully saturated rings. The Morgan fingerprint density at radius 3 is 2.10 bits per heavy atom. The van der Waals surface area contributed by atoms with Crippen molar-refractivity contribution in [1.82, 2.24) is 14.7 Å². The van der Waals surface area contributed by atoms with Crippen LogP contribution in [0.15, 0.2) is 24.3 Å². The van der Waals surface area contributed by atoms with E-state index in [0.29, 0.717) is 18.0 Å². The molecule has 0 unspecified atom stereocenters. The summed E-state index contributed by atoms with van der Waals surface area (Å²) >= 11 is 6.01. The number of aryl methyl sites for hydroxylation is 1. The predicted molar refractivity (Wildman–Crippen MR) is 205 cm³/mol. The van der Waals surface area contributed by atoms with Gasteiger partial charge in [0.05, 0.1) is 42.7 Å². The molecule has 2 amide bonds. The second-order valence-corrected chi connectivity index (χ2v) is 15.8. The van der Waals surface area contributed by atoms with Gasteiger partial charge in [-0.2, -0.15) is 0 Å². The highest BCUT2D eigenvalue weighted by Crippen LogP contribution is 2.31. The zero-order valence-electron chi connectivity index (χ0n) is 33.2. The molecule has 1 aliphatic heterocycles. The minimum absolute atomic E-state index is 0.00191. The summed E-state index contributed by atoms with van der Waals surface area (Å²) in [6.07, 6.45) is 3.32. The normalized spacial score (nSPS) is 19.7. The van der Waals surface area contributed by atoms with Gasteiger partial charge in [-0.05, 0) is 76.2 Å². The number of likely N-dealkylation sites (N-methyl/N-ethyl adjacent to an activating group) is 2. The summed E-state index contributed by atoms with van der Waals surface area (Å²) in [6, 6.07) is 6.15. The van der Waals surface area contributed by atoms with E-state index in [1.807, 2.05) is 68.9 Å². The lowest BCUT2D eigenvalue weighted by atomic mass is 9.85. The third kappa shape index (κ3) is 12.3. The lowest BCUT2D eigenvalue weighted by Crippen LogP contribution is -2.55. The number of ketones is 2. The molecule has 1 saturated heterocycles. The van der Waals surface area contributed by atoms with E-state index in [-0.39, 0.29) is 66.1 Å². The zero-order valence-corrected chi connectivity index (χ0v) is 33.9. The molecule has 9 atom stereocenters. The first-order chi connectivity index (χ1) is 24.0. The van der Waals surface area contributed by atoms with Crippen LogP contribution in [0.5, 0.6) is 0 Å². The number of rotatable bonds is 22. The molecule has 0 aliphatic carbocycles. The summed E-state index contributed by atoms with van der Waals surface area (Å²) in [4.78, 5) is 60.5. The van der Waals surface area contributed by atoms with Gasteiger partial charge in [0.15, 0.2) is 5.78 Å². The van der Waals surface area contributed by atoms with Gasteiger partial charge in [0.2, 0.25) is 11.8 Å². The van der Waals surface area contributed by atoms with Crippen molar-refractivity contribution in [3.05, 3.63) is 34.9 Å². The molecule has 1 heterocycles. The maximum absolute atomic E-state index is 14.2. The Labute approximate surface area is 313 Å². The van der Waals surface area contributed by atoms with Crippen LogP contribution in [0.1, 0.15) is 92.1 Å². The summed E-state index contributed by atoms with van der Waals surface area (Å²) in [7, 11) is 8.68. The lowest BCUT2D eigenvalue weighted by molar-refractivity contribution is -0.148. The third-order valence-electron chi connectivity index (χ3n) is 11.0. The summed E-state index contributed by atoms with van der Waals surface area (Å²) in [5.74, 6) is -1.21. The highest BCUT2D eigenvalue weighted by Gasteiger charge is 2.43. The SMILES string of the molecule is CC[C@H](C)[C@@H]([C@@H](CC(=O)N1CCC[C@H]1[C@H](OC)[C@@H](C)C(=O)CCCc1ccc(Cl)cc1)OC)N(C)C(=O)[C@H](CC(=O)[C@H](C(C)C)N(C)C)[C@H](C)N. The van der Waals surface area contributed by atoms with Crippen LogP contribution in [0.3, 0.4) is 0 Å². The van der Waals surface area contributed by atoms with Gasteiger partial charge in [-0.3, -0.25) is 24.1 Å². The highest BCUT2D eigenvalue weighted by molar-refractivity contribution is 6.30. The number of benzene rings is 1. The van der Waals surface area contributed by atoms with Crippen LogP contribution in [0.4, 0.5) is 0 Å². The van der Waals surface area contributed by atoms with Gasteiger partial charge in [0, 0.05) is 57.6 Å². The second kappa shape index (κ2) is 21.4. The molecule has 1 aromatic carbocycles. The number of nitrogens with two attached hydrogens (primary N) is 1. The Kier molecular flexibility index (Phi) is 18.8. The van der Waals surface area contributed by atoms with E-state index in [2.05, 4.69) is 13.8 Å². The Balaban J connectivity index is 2.21. The van der Waals surface area contributed by atoms with Crippen LogP contribution in [-0.4, -0.2) is 116 Å². The predicted octanol–water partition coefficient (Wildman–Crippen LogP) is 5.66. The first-order valence-electron chi connectivity index (χ1n) is 18.8. The van der Waals surface area contributed by atoms with Crippen LogP contribution in [0, 0.1) is 23.7 Å². The molecular formula is C40H67ClN4O6. The number of methoxy groups -OCH3 is 2. The zero-order chi connectivity index (χ0) is 38.6. The molecule has 0 radical (unpaired) electrons. The smallest absolute Gasteiger partial charge is 0.227 e. The molecule has 0 saturated carbocycles. The van der Waals surface area contributed by atoms with Crippen molar-refractivity contribution in [2.75, 3.05) is 41.9 Å². The highest BCUT2D eigenvalue weighted by atomic mass is 35.5. The fraction of sp³-hybridized carbons (Fsp3) is 0.750. The van der Waals surface area contributed by atoms with Crippen molar-refractivity contribution in [2.45, 2.75) is 129 Å². The van der Waals surface area contributed by atoms with Crippen molar-refractivity contribution >= 4 is 35.0 Å². The minimum Gasteiger partial charge on any atom is -0.379 e. The number of hydrogen-bond acceptors (Lipinski definition) is 8. The fourth-order valence-electron chi connectivity index (χ4n) is 8.04. The molecule has 0 bridgehead atoms. The van der Waals surface area contributed by atoms with Crippen LogP contribution >= 0.6 is 11.6 Å². The van der Waals surface area contributed by atoms with E-state index < -0.39 is 30.2 Å². The topological polar surface area (TPSA) is 122 Å². The number of Topliss-reactive ketones (excluding diaryl/α,β-unsaturated/α-hetero) is 2. The molecule has 0 aromatic heterocycles. The van der Waals surface area contributed by atoms with Crippen molar-refractivity contribution in [3.8, 4) is 0 Å². The maximum Gasteiger partial charge on any atom is 0.227 e. The average Bonchev–Trinajstić information content (AvgIpc) is 3.56. The Bertz CT molecular complexity index is 1250. The average molecular weight is 735 g/mol. The number of nitrogens with zero attached hydrogens (tertiary/aromatic N) is 3. The van der Waals surface area contributed by atoms with E-state index in [1.54, 1.807) is 33.1 Å². The van der Waals surface area contributed by atoms with Gasteiger partial charge < -0.3 is 25.0 Å². The maximum atomic E-state index is 14.2. The van der Waals surface area contributed by atoms with Gasteiger partial charge in [-0.1, -0.05) is 64.8 Å². The van der Waals surface area contributed by atoms with Crippen molar-refractivity contribution < 1.29 is 28.7 Å². The van der Waals surface area contributed by atoms with Crippen LogP contribution in [0.25, 0.3) is 0 Å². The quantitative estimate of drug-likeness (QED) is 0.162. The summed E-state index contributed by atoms with van der Waals surface area (Å²) in [6.45, 7) is 12.3. The van der Waals surface area contributed by atoms with Crippen molar-refractivity contribution in [2.24, 2.45) is 29.4 Å². The molecule has 2 N–H and O–H groups in total. The van der Waals surface area contributed by atoms with Gasteiger partial charge in [0.25, 0.3) is 0 Å². The molecule has 2 rings (SSSR count). The molecule has 11 heteroatoms. The van der Waals surface area contributed by atoms with Crippen molar-refractivity contribution in [3.63, 3.8) is 0 Å². The van der Waals surface area contributed by atoms with E-state index in [4.69, 9.17) is 26.8 Å². The van der Waals surface area contributed by atoms with Crippen LogP contribution in [0.2, 0.25) is 5.02 Å². The molecule has 1 aromatic rings. The monoisotopic (exact) mass is 734 g/mol. The van der Waals surface area contributed by atoms with Gasteiger partial charge in [0.1, 0.15) is 5.78 Å². The molecule has 10 nitrogen and oxygen atoms in total. The van der Waals surface area contributed by atoms with Crippen LogP contribution < -0.4 is 5.73 Å². The largest absolute Gasteiger partial charge is 0.379 e. The number of carbonyl (C=O) groups excluding carboxylic acids is 4. The fourth-order valence-corrected chi connectivity index (χ4v) is 8.16. The third-order valence-corrected chi connectivity index (χ3v) is 11.3. The first kappa shape index (κ1) is 44.8. The number of halogens is 1. The summed E-state index contributed by atoms with van der Waals surface area (Å²) < 4.78 is 12.0. The molecule has 1 aliphatic rings. The van der Waals surface area contributed by atoms with Crippen LogP contribution in [-0.2, 0) is 35.1 Å². The van der Waals surface area contributed by atoms with Gasteiger partial charge in [-0.15, -0.1) is 0 Å². The Morgan fingerprint density at radius 1 is 0.961 bits per heavy atom. The number of ether oxygens (including phenoxy) is 2.